The monoisotopic (exact) mass is 218 g/mol. The predicted molar refractivity (Wildman–Crippen MR) is 67.1 cm³/mol. The van der Waals surface area contributed by atoms with Crippen LogP contribution in [0, 0.1) is 13.8 Å². The molecule has 86 valence electrons. The van der Waals surface area contributed by atoms with E-state index in [0.29, 0.717) is 6.54 Å². The lowest BCUT2D eigenvalue weighted by Gasteiger charge is -2.02. The maximum atomic E-state index is 5.60. The van der Waals surface area contributed by atoms with E-state index in [1.165, 1.54) is 27.7 Å². The molecule has 0 spiro atoms. The molecule has 0 bridgehead atoms. The molecule has 0 amide bonds. The molecule has 0 aliphatic rings. The smallest absolute Gasteiger partial charge is 0.119 e. The summed E-state index contributed by atoms with van der Waals surface area (Å²) in [7, 11) is 1.70. The minimum absolute atomic E-state index is 0.670. The number of aromatic nitrogens is 1. The van der Waals surface area contributed by atoms with Gasteiger partial charge in [-0.25, -0.2) is 0 Å². The molecule has 0 radical (unpaired) electrons. The lowest BCUT2D eigenvalue weighted by atomic mass is 10.1. The van der Waals surface area contributed by atoms with E-state index in [2.05, 4.69) is 24.9 Å². The lowest BCUT2D eigenvalue weighted by Crippen LogP contribution is -2.03. The van der Waals surface area contributed by atoms with Crippen LogP contribution in [0.25, 0.3) is 10.9 Å². The van der Waals surface area contributed by atoms with Crippen LogP contribution < -0.4 is 10.5 Å². The van der Waals surface area contributed by atoms with Crippen molar-refractivity contribution < 1.29 is 4.74 Å². The number of methoxy groups -OCH3 is 1. The summed E-state index contributed by atoms with van der Waals surface area (Å²) in [5.74, 6) is 0.909. The third kappa shape index (κ3) is 1.67. The Bertz CT molecular complexity index is 514. The van der Waals surface area contributed by atoms with Crippen LogP contribution in [0.5, 0.6) is 5.75 Å². The first kappa shape index (κ1) is 11.0. The third-order valence-corrected chi connectivity index (χ3v) is 3.07. The molecule has 1 aromatic carbocycles. The van der Waals surface area contributed by atoms with Gasteiger partial charge < -0.3 is 15.5 Å². The van der Waals surface area contributed by atoms with Gasteiger partial charge in [0, 0.05) is 23.0 Å². The average Bonchev–Trinajstić information content (AvgIpc) is 2.58. The van der Waals surface area contributed by atoms with Gasteiger partial charge in [-0.15, -0.1) is 0 Å². The van der Waals surface area contributed by atoms with E-state index in [1.807, 2.05) is 6.07 Å². The molecule has 1 aromatic heterocycles. The van der Waals surface area contributed by atoms with Crippen LogP contribution in [0.1, 0.15) is 16.8 Å². The topological polar surface area (TPSA) is 51.0 Å². The molecule has 0 saturated carbocycles. The number of aryl methyl sites for hydroxylation is 2. The Morgan fingerprint density at radius 1 is 1.31 bits per heavy atom. The summed E-state index contributed by atoms with van der Waals surface area (Å²) in [4.78, 5) is 3.45. The van der Waals surface area contributed by atoms with Gasteiger partial charge >= 0.3 is 0 Å². The van der Waals surface area contributed by atoms with E-state index in [4.69, 9.17) is 10.5 Å². The van der Waals surface area contributed by atoms with Crippen molar-refractivity contribution in [2.45, 2.75) is 20.3 Å². The zero-order valence-electron chi connectivity index (χ0n) is 10.1. The van der Waals surface area contributed by atoms with Crippen LogP contribution in [-0.2, 0) is 6.42 Å². The number of fused-ring (bicyclic) bond motifs is 1. The highest BCUT2D eigenvalue weighted by molar-refractivity contribution is 5.88. The van der Waals surface area contributed by atoms with E-state index in [-0.39, 0.29) is 0 Å². The molecular weight excluding hydrogens is 200 g/mol. The normalized spacial score (nSPS) is 11.0. The average molecular weight is 218 g/mol. The fourth-order valence-corrected chi connectivity index (χ4v) is 2.14. The summed E-state index contributed by atoms with van der Waals surface area (Å²) < 4.78 is 5.29. The fraction of sp³-hybridized carbons (Fsp3) is 0.385. The highest BCUT2D eigenvalue weighted by atomic mass is 16.5. The molecule has 2 aromatic rings. The number of nitrogens with one attached hydrogen (secondary N) is 1. The molecule has 3 N–H and O–H groups in total. The van der Waals surface area contributed by atoms with Crippen molar-refractivity contribution in [2.24, 2.45) is 5.73 Å². The largest absolute Gasteiger partial charge is 0.497 e. The molecule has 0 fully saturated rings. The Labute approximate surface area is 95.6 Å². The van der Waals surface area contributed by atoms with Crippen LogP contribution in [0.15, 0.2) is 12.1 Å². The first-order valence-corrected chi connectivity index (χ1v) is 5.53. The molecular formula is C13H18N2O. The van der Waals surface area contributed by atoms with Crippen molar-refractivity contribution in [2.75, 3.05) is 13.7 Å². The van der Waals surface area contributed by atoms with Gasteiger partial charge in [0.1, 0.15) is 5.75 Å². The van der Waals surface area contributed by atoms with Gasteiger partial charge in [-0.2, -0.15) is 0 Å². The number of hydrogen-bond acceptors (Lipinski definition) is 2. The Morgan fingerprint density at radius 2 is 2.06 bits per heavy atom. The molecule has 16 heavy (non-hydrogen) atoms. The molecule has 0 unspecified atom stereocenters. The summed E-state index contributed by atoms with van der Waals surface area (Å²) in [6, 6.07) is 4.12. The van der Waals surface area contributed by atoms with E-state index in [1.54, 1.807) is 7.11 Å². The lowest BCUT2D eigenvalue weighted by molar-refractivity contribution is 0.415. The van der Waals surface area contributed by atoms with Crippen LogP contribution in [0.2, 0.25) is 0 Å². The summed E-state index contributed by atoms with van der Waals surface area (Å²) in [6.07, 6.45) is 0.891. The molecule has 0 aliphatic heterocycles. The van der Waals surface area contributed by atoms with Crippen LogP contribution in [0.3, 0.4) is 0 Å². The van der Waals surface area contributed by atoms with Gasteiger partial charge in [-0.1, -0.05) is 0 Å². The number of benzene rings is 1. The van der Waals surface area contributed by atoms with E-state index < -0.39 is 0 Å². The second kappa shape index (κ2) is 4.18. The zero-order chi connectivity index (χ0) is 11.7. The molecule has 0 saturated heterocycles. The van der Waals surface area contributed by atoms with Gasteiger partial charge in [0.2, 0.25) is 0 Å². The number of ether oxygens (including phenoxy) is 1. The molecule has 2 rings (SSSR count). The van der Waals surface area contributed by atoms with Gasteiger partial charge in [0.25, 0.3) is 0 Å². The summed E-state index contributed by atoms with van der Waals surface area (Å²) in [5, 5.41) is 1.24. The third-order valence-electron chi connectivity index (χ3n) is 3.07. The second-order valence-electron chi connectivity index (χ2n) is 4.13. The van der Waals surface area contributed by atoms with Crippen LogP contribution in [0.4, 0.5) is 0 Å². The summed E-state index contributed by atoms with van der Waals surface area (Å²) >= 11 is 0. The first-order valence-electron chi connectivity index (χ1n) is 5.53. The minimum atomic E-state index is 0.670. The highest BCUT2D eigenvalue weighted by Gasteiger charge is 2.10. The number of rotatable bonds is 3. The predicted octanol–water partition coefficient (Wildman–Crippen LogP) is 2.29. The van der Waals surface area contributed by atoms with Crippen LogP contribution in [-0.4, -0.2) is 18.6 Å². The van der Waals surface area contributed by atoms with Gasteiger partial charge in [0.05, 0.1) is 7.11 Å². The number of hydrogen-bond donors (Lipinski definition) is 2. The van der Waals surface area contributed by atoms with Gasteiger partial charge in [-0.05, 0) is 43.7 Å². The molecule has 3 nitrogen and oxygen atoms in total. The molecule has 0 atom stereocenters. The van der Waals surface area contributed by atoms with Gasteiger partial charge in [0.15, 0.2) is 0 Å². The minimum Gasteiger partial charge on any atom is -0.497 e. The Morgan fingerprint density at radius 3 is 2.69 bits per heavy atom. The van der Waals surface area contributed by atoms with Crippen molar-refractivity contribution in [3.05, 3.63) is 29.0 Å². The fourth-order valence-electron chi connectivity index (χ4n) is 2.14. The second-order valence-corrected chi connectivity index (χ2v) is 4.13. The van der Waals surface area contributed by atoms with Crippen molar-refractivity contribution in [1.29, 1.82) is 0 Å². The number of aromatic amines is 1. The SMILES string of the molecule is COc1cc(C)c2[nH]c(CCN)c(C)c2c1. The molecule has 1 heterocycles. The van der Waals surface area contributed by atoms with Crippen molar-refractivity contribution in [1.82, 2.24) is 4.98 Å². The molecule has 3 heteroatoms. The Balaban J connectivity index is 2.66. The quantitative estimate of drug-likeness (QED) is 0.830. The van der Waals surface area contributed by atoms with Gasteiger partial charge in [-0.3, -0.25) is 0 Å². The standard InChI is InChI=1S/C13H18N2O/c1-8-6-10(16-3)7-11-9(2)12(4-5-14)15-13(8)11/h6-7,15H,4-5,14H2,1-3H3. The maximum absolute atomic E-state index is 5.60. The van der Waals surface area contributed by atoms with Crippen LogP contribution >= 0.6 is 0 Å². The zero-order valence-corrected chi connectivity index (χ0v) is 10.1. The highest BCUT2D eigenvalue weighted by Crippen LogP contribution is 2.29. The maximum Gasteiger partial charge on any atom is 0.119 e. The van der Waals surface area contributed by atoms with E-state index >= 15 is 0 Å². The Hall–Kier alpha value is -1.48. The summed E-state index contributed by atoms with van der Waals surface area (Å²) in [5.41, 5.74) is 10.5. The first-order chi connectivity index (χ1) is 7.67. The van der Waals surface area contributed by atoms with E-state index in [0.717, 1.165) is 12.2 Å². The van der Waals surface area contributed by atoms with E-state index in [9.17, 15) is 0 Å². The van der Waals surface area contributed by atoms with Crippen molar-refractivity contribution in [3.63, 3.8) is 0 Å². The van der Waals surface area contributed by atoms with Crippen molar-refractivity contribution in [3.8, 4) is 5.75 Å². The van der Waals surface area contributed by atoms with Crippen molar-refractivity contribution >= 4 is 10.9 Å². The Kier molecular flexibility index (Phi) is 2.88. The molecule has 0 aliphatic carbocycles. The summed E-state index contributed by atoms with van der Waals surface area (Å²) in [6.45, 7) is 4.89. The number of H-pyrrole nitrogens is 1. The number of nitrogens with two attached hydrogens (primary N) is 1.